The molecule has 2 heterocycles. The molecule has 0 saturated carbocycles. The normalized spacial score (nSPS) is 14.4. The van der Waals surface area contributed by atoms with E-state index in [-0.39, 0.29) is 30.2 Å². The van der Waals surface area contributed by atoms with E-state index >= 15 is 0 Å². The van der Waals surface area contributed by atoms with Crippen LogP contribution < -0.4 is 24.4 Å². The van der Waals surface area contributed by atoms with E-state index in [1.807, 2.05) is 73.7 Å². The molecule has 9 heteroatoms. The zero-order chi connectivity index (χ0) is 32.0. The lowest BCUT2D eigenvalue weighted by molar-refractivity contribution is -0.138. The maximum Gasteiger partial charge on any atom is 0.338 e. The van der Waals surface area contributed by atoms with E-state index in [1.54, 1.807) is 47.9 Å². The fraction of sp³-hybridized carbons (Fsp3) is 0.162. The number of esters is 1. The standard InChI is InChI=1S/C37H31FN2O5S/c1-3-43-28-19-17-26(18-20-28)34-32(36(42)44-4-2)33(25-12-6-5-7-13-25)39-37-40(34)35(41)31(46-37)22-24-11-10-15-29(21-24)45-23-27-14-8-9-16-30(27)38/h5-22,34H,3-4,23H2,1-2H3/b31-22-/t34-/m1/s1. The van der Waals surface area contributed by atoms with E-state index < -0.39 is 12.0 Å². The summed E-state index contributed by atoms with van der Waals surface area (Å²) >= 11 is 1.24. The van der Waals surface area contributed by atoms with Crippen LogP contribution in [0.2, 0.25) is 0 Å². The molecule has 0 amide bonds. The van der Waals surface area contributed by atoms with Gasteiger partial charge in [-0.3, -0.25) is 9.36 Å². The van der Waals surface area contributed by atoms with Crippen molar-refractivity contribution in [1.82, 2.24) is 4.57 Å². The number of hydrogen-bond donors (Lipinski definition) is 0. The number of fused-ring (bicyclic) bond motifs is 1. The fourth-order valence-electron chi connectivity index (χ4n) is 5.29. The summed E-state index contributed by atoms with van der Waals surface area (Å²) in [6.07, 6.45) is 1.77. The van der Waals surface area contributed by atoms with Gasteiger partial charge in [0.05, 0.1) is 35.1 Å². The number of hydrogen-bond acceptors (Lipinski definition) is 7. The average Bonchev–Trinajstić information content (AvgIpc) is 3.38. The lowest BCUT2D eigenvalue weighted by Crippen LogP contribution is -2.40. The number of halogens is 1. The Morgan fingerprint density at radius 1 is 0.891 bits per heavy atom. The van der Waals surface area contributed by atoms with E-state index in [1.165, 1.54) is 17.4 Å². The van der Waals surface area contributed by atoms with Crippen LogP contribution in [0.1, 0.15) is 42.1 Å². The Kier molecular flexibility index (Phi) is 9.21. The molecule has 0 unspecified atom stereocenters. The molecular formula is C37H31FN2O5S. The fourth-order valence-corrected chi connectivity index (χ4v) is 6.29. The number of thiazole rings is 1. The molecular weight excluding hydrogens is 603 g/mol. The minimum atomic E-state index is -0.793. The monoisotopic (exact) mass is 634 g/mol. The molecule has 0 spiro atoms. The number of carbonyl (C=O) groups is 1. The summed E-state index contributed by atoms with van der Waals surface area (Å²) in [5.74, 6) is 0.339. The molecule has 232 valence electrons. The van der Waals surface area contributed by atoms with Crippen molar-refractivity contribution in [3.63, 3.8) is 0 Å². The van der Waals surface area contributed by atoms with Crippen molar-refractivity contribution < 1.29 is 23.4 Å². The largest absolute Gasteiger partial charge is 0.494 e. The van der Waals surface area contributed by atoms with Gasteiger partial charge in [0.1, 0.15) is 23.9 Å². The van der Waals surface area contributed by atoms with Crippen LogP contribution in [-0.2, 0) is 16.1 Å². The Morgan fingerprint density at radius 2 is 1.65 bits per heavy atom. The highest BCUT2D eigenvalue weighted by Gasteiger charge is 2.35. The number of carbonyl (C=O) groups excluding carboxylic acids is 1. The number of aromatic nitrogens is 1. The summed E-state index contributed by atoms with van der Waals surface area (Å²) in [7, 11) is 0. The summed E-state index contributed by atoms with van der Waals surface area (Å²) in [5, 5.41) is 0. The number of rotatable bonds is 10. The molecule has 0 fully saturated rings. The minimum absolute atomic E-state index is 0.0687. The maximum absolute atomic E-state index is 14.2. The first-order valence-electron chi connectivity index (χ1n) is 14.9. The van der Waals surface area contributed by atoms with E-state index in [0.29, 0.717) is 44.3 Å². The average molecular weight is 635 g/mol. The van der Waals surface area contributed by atoms with Crippen LogP contribution in [0.3, 0.4) is 0 Å². The first-order chi connectivity index (χ1) is 22.5. The zero-order valence-electron chi connectivity index (χ0n) is 25.3. The second kappa shape index (κ2) is 13.8. The topological polar surface area (TPSA) is 79.1 Å². The summed E-state index contributed by atoms with van der Waals surface area (Å²) in [4.78, 5) is 33.2. The van der Waals surface area contributed by atoms with Crippen molar-refractivity contribution in [2.45, 2.75) is 26.5 Å². The van der Waals surface area contributed by atoms with Crippen molar-refractivity contribution in [3.05, 3.63) is 156 Å². The third kappa shape index (κ3) is 6.41. The summed E-state index contributed by atoms with van der Waals surface area (Å²) in [6, 6.07) is 29.7. The Balaban J connectivity index is 1.47. The molecule has 5 aromatic rings. The maximum atomic E-state index is 14.2. The highest BCUT2D eigenvalue weighted by atomic mass is 32.1. The van der Waals surface area contributed by atoms with Gasteiger partial charge in [0.15, 0.2) is 4.80 Å². The Hall–Kier alpha value is -5.28. The molecule has 0 saturated heterocycles. The first-order valence-corrected chi connectivity index (χ1v) is 15.8. The molecule has 1 aromatic heterocycles. The molecule has 4 aromatic carbocycles. The van der Waals surface area contributed by atoms with Crippen LogP contribution in [0.25, 0.3) is 11.8 Å². The van der Waals surface area contributed by atoms with Gasteiger partial charge in [0, 0.05) is 11.1 Å². The van der Waals surface area contributed by atoms with Gasteiger partial charge in [-0.25, -0.2) is 14.2 Å². The smallest absolute Gasteiger partial charge is 0.338 e. The molecule has 6 rings (SSSR count). The second-order valence-electron chi connectivity index (χ2n) is 10.4. The predicted molar refractivity (Wildman–Crippen MR) is 176 cm³/mol. The van der Waals surface area contributed by atoms with Gasteiger partial charge >= 0.3 is 5.97 Å². The molecule has 1 aliphatic rings. The number of ether oxygens (including phenoxy) is 3. The highest BCUT2D eigenvalue weighted by molar-refractivity contribution is 7.07. The van der Waals surface area contributed by atoms with Crippen molar-refractivity contribution in [2.24, 2.45) is 4.99 Å². The summed E-state index contributed by atoms with van der Waals surface area (Å²) in [6.45, 7) is 4.40. The van der Waals surface area contributed by atoms with Crippen LogP contribution in [0, 0.1) is 5.82 Å². The number of benzene rings is 4. The van der Waals surface area contributed by atoms with Gasteiger partial charge in [0.25, 0.3) is 5.56 Å². The van der Waals surface area contributed by atoms with Gasteiger partial charge in [0.2, 0.25) is 0 Å². The van der Waals surface area contributed by atoms with Crippen molar-refractivity contribution in [2.75, 3.05) is 13.2 Å². The van der Waals surface area contributed by atoms with Crippen LogP contribution in [-0.4, -0.2) is 23.8 Å². The lowest BCUT2D eigenvalue weighted by Gasteiger charge is -2.26. The zero-order valence-corrected chi connectivity index (χ0v) is 26.1. The van der Waals surface area contributed by atoms with Gasteiger partial charge in [-0.1, -0.05) is 84.1 Å². The predicted octanol–water partition coefficient (Wildman–Crippen LogP) is 6.05. The molecule has 0 aliphatic carbocycles. The van der Waals surface area contributed by atoms with Gasteiger partial charge in [-0.2, -0.15) is 0 Å². The van der Waals surface area contributed by atoms with Crippen LogP contribution in [0.15, 0.2) is 118 Å². The molecule has 7 nitrogen and oxygen atoms in total. The van der Waals surface area contributed by atoms with Crippen LogP contribution >= 0.6 is 11.3 Å². The van der Waals surface area contributed by atoms with E-state index in [4.69, 9.17) is 19.2 Å². The number of nitrogens with zero attached hydrogens (tertiary/aromatic N) is 2. The van der Waals surface area contributed by atoms with Crippen molar-refractivity contribution >= 4 is 29.1 Å². The molecule has 0 N–H and O–H groups in total. The second-order valence-corrected chi connectivity index (χ2v) is 11.4. The summed E-state index contributed by atoms with van der Waals surface area (Å²) in [5.41, 5.74) is 3.05. The Morgan fingerprint density at radius 3 is 2.39 bits per heavy atom. The van der Waals surface area contributed by atoms with Crippen LogP contribution in [0.4, 0.5) is 4.39 Å². The molecule has 1 atom stereocenters. The van der Waals surface area contributed by atoms with Gasteiger partial charge in [-0.15, -0.1) is 0 Å². The van der Waals surface area contributed by atoms with E-state index in [0.717, 1.165) is 11.1 Å². The summed E-state index contributed by atoms with van der Waals surface area (Å²) < 4.78 is 33.2. The van der Waals surface area contributed by atoms with Crippen molar-refractivity contribution in [1.29, 1.82) is 0 Å². The van der Waals surface area contributed by atoms with E-state index in [2.05, 4.69) is 0 Å². The Labute approximate surface area is 269 Å². The third-order valence-electron chi connectivity index (χ3n) is 7.39. The molecule has 46 heavy (non-hydrogen) atoms. The molecule has 0 radical (unpaired) electrons. The third-order valence-corrected chi connectivity index (χ3v) is 8.37. The SMILES string of the molecule is CCOC(=O)C1=C(c2ccccc2)N=c2s/c(=C\c3cccc(OCc4ccccc4F)c3)c(=O)n2[C@@H]1c1ccc(OCC)cc1. The lowest BCUT2D eigenvalue weighted by atomic mass is 9.93. The van der Waals surface area contributed by atoms with E-state index in [9.17, 15) is 14.0 Å². The van der Waals surface area contributed by atoms with Gasteiger partial charge < -0.3 is 14.2 Å². The first kappa shape index (κ1) is 30.7. The van der Waals surface area contributed by atoms with Crippen molar-refractivity contribution in [3.8, 4) is 11.5 Å². The Bertz CT molecular complexity index is 2080. The minimum Gasteiger partial charge on any atom is -0.494 e. The molecule has 1 aliphatic heterocycles. The molecule has 0 bridgehead atoms. The van der Waals surface area contributed by atoms with Gasteiger partial charge in [-0.05, 0) is 61.4 Å². The highest BCUT2D eigenvalue weighted by Crippen LogP contribution is 2.35. The quantitative estimate of drug-likeness (QED) is 0.175. The van der Waals surface area contributed by atoms with Crippen LogP contribution in [0.5, 0.6) is 11.5 Å².